The highest BCUT2D eigenvalue weighted by molar-refractivity contribution is 5.26. The lowest BCUT2D eigenvalue weighted by Gasteiger charge is -2.14. The molecule has 1 aliphatic rings. The van der Waals surface area contributed by atoms with E-state index in [1.165, 1.54) is 17.6 Å². The number of hydrogen-bond acceptors (Lipinski definition) is 0. The molecule has 0 saturated carbocycles. The molecule has 1 rings (SSSR count). The molecule has 0 spiro atoms. The minimum absolute atomic E-state index is 0.772. The first kappa shape index (κ1) is 6.60. The summed E-state index contributed by atoms with van der Waals surface area (Å²) in [5.41, 5.74) is 2.94. The monoisotopic (exact) mass is 122 g/mol. The standard InChI is InChI=1S/C9H14/c1-7-4-5-8(2)9(3)6-7/h4,6,8H,5H2,1-3H3/t8-/m0/s1. The van der Waals surface area contributed by atoms with Gasteiger partial charge >= 0.3 is 0 Å². The summed E-state index contributed by atoms with van der Waals surface area (Å²) in [5, 5.41) is 0. The van der Waals surface area contributed by atoms with Crippen LogP contribution in [0, 0.1) is 5.92 Å². The highest BCUT2D eigenvalue weighted by Gasteiger charge is 2.05. The fraction of sp³-hybridized carbons (Fsp3) is 0.556. The second-order valence-electron chi connectivity index (χ2n) is 2.97. The van der Waals surface area contributed by atoms with E-state index in [0.29, 0.717) is 0 Å². The Morgan fingerprint density at radius 1 is 1.44 bits per heavy atom. The van der Waals surface area contributed by atoms with Gasteiger partial charge in [-0.2, -0.15) is 0 Å². The minimum Gasteiger partial charge on any atom is -0.0810 e. The molecule has 0 unspecified atom stereocenters. The average Bonchev–Trinajstić information content (AvgIpc) is 1.80. The average molecular weight is 122 g/mol. The third-order valence-corrected chi connectivity index (χ3v) is 2.03. The Hall–Kier alpha value is -0.520. The molecule has 0 nitrogen and oxygen atoms in total. The van der Waals surface area contributed by atoms with Gasteiger partial charge in [0.05, 0.1) is 0 Å². The predicted molar refractivity (Wildman–Crippen MR) is 41.3 cm³/mol. The minimum atomic E-state index is 0.772. The zero-order chi connectivity index (χ0) is 6.85. The normalized spacial score (nSPS) is 27.2. The van der Waals surface area contributed by atoms with Crippen molar-refractivity contribution in [2.45, 2.75) is 27.2 Å². The summed E-state index contributed by atoms with van der Waals surface area (Å²) in [5.74, 6) is 0.772. The van der Waals surface area contributed by atoms with Crippen LogP contribution in [0.4, 0.5) is 0 Å². The Kier molecular flexibility index (Phi) is 1.75. The van der Waals surface area contributed by atoms with Gasteiger partial charge in [0.25, 0.3) is 0 Å². The molecule has 0 aliphatic heterocycles. The molecule has 1 atom stereocenters. The quantitative estimate of drug-likeness (QED) is 0.463. The van der Waals surface area contributed by atoms with E-state index in [1.54, 1.807) is 0 Å². The fourth-order valence-electron chi connectivity index (χ4n) is 1.11. The van der Waals surface area contributed by atoms with Crippen molar-refractivity contribution in [2.24, 2.45) is 5.92 Å². The molecular formula is C9H14. The molecule has 0 amide bonds. The molecule has 0 heteroatoms. The van der Waals surface area contributed by atoms with Crippen molar-refractivity contribution in [3.63, 3.8) is 0 Å². The van der Waals surface area contributed by atoms with Crippen molar-refractivity contribution >= 4 is 0 Å². The van der Waals surface area contributed by atoms with Crippen LogP contribution in [-0.2, 0) is 0 Å². The second kappa shape index (κ2) is 2.38. The van der Waals surface area contributed by atoms with Gasteiger partial charge in [-0.3, -0.25) is 0 Å². The lowest BCUT2D eigenvalue weighted by molar-refractivity contribution is 0.681. The molecule has 0 aromatic rings. The van der Waals surface area contributed by atoms with Crippen LogP contribution in [0.2, 0.25) is 0 Å². The van der Waals surface area contributed by atoms with E-state index in [9.17, 15) is 0 Å². The molecule has 0 saturated heterocycles. The number of allylic oxidation sites excluding steroid dienone is 4. The fourth-order valence-corrected chi connectivity index (χ4v) is 1.11. The lowest BCUT2D eigenvalue weighted by Crippen LogP contribution is -1.99. The van der Waals surface area contributed by atoms with Crippen LogP contribution in [-0.4, -0.2) is 0 Å². The maximum absolute atomic E-state index is 2.30. The molecule has 0 heterocycles. The van der Waals surface area contributed by atoms with Crippen LogP contribution in [0.3, 0.4) is 0 Å². The summed E-state index contributed by atoms with van der Waals surface area (Å²) in [6, 6.07) is 0. The van der Waals surface area contributed by atoms with E-state index in [2.05, 4.69) is 32.9 Å². The van der Waals surface area contributed by atoms with Crippen LogP contribution in [0.5, 0.6) is 0 Å². The Balaban J connectivity index is 2.74. The number of rotatable bonds is 0. The van der Waals surface area contributed by atoms with Gasteiger partial charge in [0.2, 0.25) is 0 Å². The van der Waals surface area contributed by atoms with E-state index in [1.807, 2.05) is 0 Å². The summed E-state index contributed by atoms with van der Waals surface area (Å²) in [7, 11) is 0. The van der Waals surface area contributed by atoms with Gasteiger partial charge in [-0.1, -0.05) is 30.2 Å². The summed E-state index contributed by atoms with van der Waals surface area (Å²) < 4.78 is 0. The molecule has 9 heavy (non-hydrogen) atoms. The van der Waals surface area contributed by atoms with Crippen molar-refractivity contribution in [3.8, 4) is 0 Å². The Morgan fingerprint density at radius 2 is 2.11 bits per heavy atom. The van der Waals surface area contributed by atoms with Crippen molar-refractivity contribution in [1.29, 1.82) is 0 Å². The van der Waals surface area contributed by atoms with Crippen molar-refractivity contribution < 1.29 is 0 Å². The van der Waals surface area contributed by atoms with Crippen molar-refractivity contribution in [2.75, 3.05) is 0 Å². The van der Waals surface area contributed by atoms with Crippen LogP contribution in [0.1, 0.15) is 27.2 Å². The molecule has 50 valence electrons. The largest absolute Gasteiger partial charge is 0.0810 e. The third-order valence-electron chi connectivity index (χ3n) is 2.03. The van der Waals surface area contributed by atoms with Crippen LogP contribution in [0.15, 0.2) is 23.3 Å². The maximum Gasteiger partial charge on any atom is -0.0196 e. The summed E-state index contributed by atoms with van der Waals surface area (Å²) in [4.78, 5) is 0. The molecule has 0 aromatic heterocycles. The Morgan fingerprint density at radius 3 is 2.56 bits per heavy atom. The molecule has 0 fully saturated rings. The zero-order valence-corrected chi connectivity index (χ0v) is 6.44. The van der Waals surface area contributed by atoms with Gasteiger partial charge in [-0.15, -0.1) is 0 Å². The Bertz CT molecular complexity index is 161. The van der Waals surface area contributed by atoms with E-state index in [0.717, 1.165) is 5.92 Å². The van der Waals surface area contributed by atoms with Gasteiger partial charge in [0.1, 0.15) is 0 Å². The van der Waals surface area contributed by atoms with E-state index < -0.39 is 0 Å². The maximum atomic E-state index is 2.30. The predicted octanol–water partition coefficient (Wildman–Crippen LogP) is 2.92. The number of hydrogen-bond donors (Lipinski definition) is 0. The Labute approximate surface area is 57.3 Å². The molecule has 0 N–H and O–H groups in total. The zero-order valence-electron chi connectivity index (χ0n) is 6.44. The SMILES string of the molecule is CC1=CC[C@H](C)C(C)=C1. The first-order valence-corrected chi connectivity index (χ1v) is 3.55. The topological polar surface area (TPSA) is 0 Å². The van der Waals surface area contributed by atoms with Gasteiger partial charge < -0.3 is 0 Å². The first-order valence-electron chi connectivity index (χ1n) is 3.55. The van der Waals surface area contributed by atoms with E-state index in [4.69, 9.17) is 0 Å². The van der Waals surface area contributed by atoms with Gasteiger partial charge in [-0.05, 0) is 26.2 Å². The third kappa shape index (κ3) is 1.44. The summed E-state index contributed by atoms with van der Waals surface area (Å²) >= 11 is 0. The van der Waals surface area contributed by atoms with Crippen molar-refractivity contribution in [1.82, 2.24) is 0 Å². The van der Waals surface area contributed by atoms with Crippen molar-refractivity contribution in [3.05, 3.63) is 23.3 Å². The second-order valence-corrected chi connectivity index (χ2v) is 2.97. The van der Waals surface area contributed by atoms with Gasteiger partial charge in [0, 0.05) is 0 Å². The van der Waals surface area contributed by atoms with Crippen LogP contribution < -0.4 is 0 Å². The summed E-state index contributed by atoms with van der Waals surface area (Å²) in [6.45, 7) is 6.64. The smallest absolute Gasteiger partial charge is 0.0196 e. The van der Waals surface area contributed by atoms with Crippen LogP contribution in [0.25, 0.3) is 0 Å². The first-order chi connectivity index (χ1) is 4.20. The molecule has 0 bridgehead atoms. The molecular weight excluding hydrogens is 108 g/mol. The molecule has 1 aliphatic carbocycles. The van der Waals surface area contributed by atoms with Gasteiger partial charge in [-0.25, -0.2) is 0 Å². The molecule has 0 aromatic carbocycles. The van der Waals surface area contributed by atoms with Crippen LogP contribution >= 0.6 is 0 Å². The molecule has 0 radical (unpaired) electrons. The summed E-state index contributed by atoms with van der Waals surface area (Å²) in [6.07, 6.45) is 5.81. The van der Waals surface area contributed by atoms with E-state index >= 15 is 0 Å². The van der Waals surface area contributed by atoms with E-state index in [-0.39, 0.29) is 0 Å². The van der Waals surface area contributed by atoms with Gasteiger partial charge in [0.15, 0.2) is 0 Å². The lowest BCUT2D eigenvalue weighted by atomic mass is 9.92. The highest BCUT2D eigenvalue weighted by Crippen LogP contribution is 2.21. The highest BCUT2D eigenvalue weighted by atomic mass is 14.1.